The number of imidazole rings is 1. The van der Waals surface area contributed by atoms with Crippen molar-refractivity contribution in [3.05, 3.63) is 55.4 Å². The predicted octanol–water partition coefficient (Wildman–Crippen LogP) is 3.40. The molecule has 1 aromatic carbocycles. The Morgan fingerprint density at radius 3 is 2.70 bits per heavy atom. The lowest BCUT2D eigenvalue weighted by atomic mass is 10.1. The third-order valence-electron chi connectivity index (χ3n) is 2.73. The summed E-state index contributed by atoms with van der Waals surface area (Å²) in [5.41, 5.74) is 0.372. The van der Waals surface area contributed by atoms with E-state index in [4.69, 9.17) is 11.6 Å². The first-order valence-electron chi connectivity index (χ1n) is 5.56. The number of hydrogen-bond donors (Lipinski definition) is 0. The Kier molecular flexibility index (Phi) is 4.20. The van der Waals surface area contributed by atoms with Crippen LogP contribution in [0.1, 0.15) is 16.2 Å². The third-order valence-corrected chi connectivity index (χ3v) is 3.84. The summed E-state index contributed by atoms with van der Waals surface area (Å²) in [6.45, 7) is 1.52. The lowest BCUT2D eigenvalue weighted by molar-refractivity contribution is -0.390. The molecule has 0 saturated carbocycles. The fourth-order valence-electron chi connectivity index (χ4n) is 1.74. The quantitative estimate of drug-likeness (QED) is 0.477. The number of carbonyl (C=O) groups is 1. The minimum absolute atomic E-state index is 0.0724. The van der Waals surface area contributed by atoms with Crippen LogP contribution in [0, 0.1) is 17.0 Å². The van der Waals surface area contributed by atoms with Crippen LogP contribution in [0.3, 0.4) is 0 Å². The maximum Gasteiger partial charge on any atom is 0.396 e. The lowest BCUT2D eigenvalue weighted by Crippen LogP contribution is -2.12. The van der Waals surface area contributed by atoms with Gasteiger partial charge in [0.1, 0.15) is 0 Å². The van der Waals surface area contributed by atoms with Gasteiger partial charge < -0.3 is 10.1 Å². The van der Waals surface area contributed by atoms with Gasteiger partial charge in [-0.3, -0.25) is 9.36 Å². The standard InChI is InChI=1S/C12H9BrClN3O3/c1-7-15-12(17(19)20)11(13)16(7)6-10(18)8-4-2-3-5-9(8)14/h2-5H,6H2,1H3. The smallest absolute Gasteiger partial charge is 0.358 e. The van der Waals surface area contributed by atoms with Crippen LogP contribution in [-0.2, 0) is 6.54 Å². The highest BCUT2D eigenvalue weighted by Gasteiger charge is 2.25. The van der Waals surface area contributed by atoms with E-state index in [1.165, 1.54) is 4.57 Å². The van der Waals surface area contributed by atoms with E-state index in [2.05, 4.69) is 20.9 Å². The highest BCUT2D eigenvalue weighted by Crippen LogP contribution is 2.26. The van der Waals surface area contributed by atoms with Crippen LogP contribution in [0.15, 0.2) is 28.9 Å². The van der Waals surface area contributed by atoms with Crippen LogP contribution in [0.4, 0.5) is 5.82 Å². The Morgan fingerprint density at radius 2 is 2.15 bits per heavy atom. The second kappa shape index (κ2) is 5.72. The van der Waals surface area contributed by atoms with Crippen LogP contribution in [0.2, 0.25) is 5.02 Å². The van der Waals surface area contributed by atoms with E-state index < -0.39 is 4.92 Å². The Morgan fingerprint density at radius 1 is 1.50 bits per heavy atom. The SMILES string of the molecule is Cc1nc([N+](=O)[O-])c(Br)n1CC(=O)c1ccccc1Cl. The van der Waals surface area contributed by atoms with Gasteiger partial charge in [0.2, 0.25) is 5.82 Å². The molecule has 0 saturated heterocycles. The third kappa shape index (κ3) is 2.73. The van der Waals surface area contributed by atoms with Gasteiger partial charge in [-0.15, -0.1) is 0 Å². The van der Waals surface area contributed by atoms with Gasteiger partial charge in [0.15, 0.2) is 10.4 Å². The molecule has 0 bridgehead atoms. The van der Waals surface area contributed by atoms with Crippen molar-refractivity contribution < 1.29 is 9.72 Å². The minimum Gasteiger partial charge on any atom is -0.358 e. The summed E-state index contributed by atoms with van der Waals surface area (Å²) in [7, 11) is 0. The molecular formula is C12H9BrClN3O3. The van der Waals surface area contributed by atoms with Gasteiger partial charge in [0.05, 0.1) is 11.6 Å². The summed E-state index contributed by atoms with van der Waals surface area (Å²) in [6.07, 6.45) is 0. The zero-order valence-corrected chi connectivity index (χ0v) is 12.7. The molecule has 0 aliphatic rings. The van der Waals surface area contributed by atoms with E-state index in [0.29, 0.717) is 16.4 Å². The second-order valence-corrected chi connectivity index (χ2v) is 5.18. The molecule has 20 heavy (non-hydrogen) atoms. The largest absolute Gasteiger partial charge is 0.396 e. The first-order chi connectivity index (χ1) is 9.41. The van der Waals surface area contributed by atoms with Gasteiger partial charge in [-0.2, -0.15) is 0 Å². The van der Waals surface area contributed by atoms with Gasteiger partial charge in [0, 0.05) is 12.5 Å². The van der Waals surface area contributed by atoms with E-state index >= 15 is 0 Å². The van der Waals surface area contributed by atoms with E-state index in [-0.39, 0.29) is 22.7 Å². The average Bonchev–Trinajstić information content (AvgIpc) is 2.67. The summed E-state index contributed by atoms with van der Waals surface area (Å²) in [4.78, 5) is 26.2. The number of Topliss-reactive ketones (excluding diaryl/α,β-unsaturated/α-hetero) is 1. The number of halogens is 2. The van der Waals surface area contributed by atoms with Gasteiger partial charge in [-0.05, 0) is 38.0 Å². The maximum absolute atomic E-state index is 12.2. The van der Waals surface area contributed by atoms with Gasteiger partial charge in [-0.1, -0.05) is 23.7 Å². The van der Waals surface area contributed by atoms with Gasteiger partial charge >= 0.3 is 5.82 Å². The number of nitrogens with zero attached hydrogens (tertiary/aromatic N) is 3. The van der Waals surface area contributed by atoms with Crippen LogP contribution >= 0.6 is 27.5 Å². The number of benzene rings is 1. The fourth-order valence-corrected chi connectivity index (χ4v) is 2.60. The number of aromatic nitrogens is 2. The predicted molar refractivity (Wildman–Crippen MR) is 77.1 cm³/mol. The van der Waals surface area contributed by atoms with Crippen molar-refractivity contribution in [2.75, 3.05) is 0 Å². The summed E-state index contributed by atoms with van der Waals surface area (Å²) in [5.74, 6) is -0.176. The van der Waals surface area contributed by atoms with Crippen LogP contribution in [-0.4, -0.2) is 20.3 Å². The zero-order valence-electron chi connectivity index (χ0n) is 10.3. The Balaban J connectivity index is 2.34. The van der Waals surface area contributed by atoms with Crippen LogP contribution in [0.25, 0.3) is 0 Å². The number of hydrogen-bond acceptors (Lipinski definition) is 4. The lowest BCUT2D eigenvalue weighted by Gasteiger charge is -2.05. The maximum atomic E-state index is 12.2. The normalized spacial score (nSPS) is 10.6. The summed E-state index contributed by atoms with van der Waals surface area (Å²) in [5, 5.41) is 11.1. The van der Waals surface area contributed by atoms with E-state index in [9.17, 15) is 14.9 Å². The molecule has 0 aliphatic carbocycles. The highest BCUT2D eigenvalue weighted by atomic mass is 79.9. The second-order valence-electron chi connectivity index (χ2n) is 4.02. The molecule has 0 aliphatic heterocycles. The molecule has 0 amide bonds. The molecule has 1 aromatic heterocycles. The van der Waals surface area contributed by atoms with Crippen LogP contribution in [0.5, 0.6) is 0 Å². The monoisotopic (exact) mass is 357 g/mol. The van der Waals surface area contributed by atoms with Crippen molar-refractivity contribution in [1.82, 2.24) is 9.55 Å². The summed E-state index contributed by atoms with van der Waals surface area (Å²) in [6, 6.07) is 6.66. The molecule has 2 rings (SSSR count). The molecule has 0 radical (unpaired) electrons. The van der Waals surface area contributed by atoms with Crippen molar-refractivity contribution in [2.45, 2.75) is 13.5 Å². The zero-order chi connectivity index (χ0) is 14.9. The van der Waals surface area contributed by atoms with E-state index in [0.717, 1.165) is 0 Å². The molecule has 0 spiro atoms. The van der Waals surface area contributed by atoms with Crippen molar-refractivity contribution in [3.63, 3.8) is 0 Å². The van der Waals surface area contributed by atoms with Crippen molar-refractivity contribution in [1.29, 1.82) is 0 Å². The van der Waals surface area contributed by atoms with Crippen molar-refractivity contribution in [3.8, 4) is 0 Å². The molecule has 2 aromatic rings. The molecular weight excluding hydrogens is 350 g/mol. The molecule has 104 valence electrons. The fraction of sp³-hybridized carbons (Fsp3) is 0.167. The highest BCUT2D eigenvalue weighted by molar-refractivity contribution is 9.10. The Labute approximate surface area is 127 Å². The number of carbonyl (C=O) groups excluding carboxylic acids is 1. The first kappa shape index (κ1) is 14.7. The first-order valence-corrected chi connectivity index (χ1v) is 6.73. The van der Waals surface area contributed by atoms with Gasteiger partial charge in [0.25, 0.3) is 0 Å². The number of nitro groups is 1. The van der Waals surface area contributed by atoms with E-state index in [1.807, 2.05) is 0 Å². The number of rotatable bonds is 4. The molecule has 0 atom stereocenters. The Hall–Kier alpha value is -1.73. The summed E-state index contributed by atoms with van der Waals surface area (Å²) >= 11 is 9.05. The average molecular weight is 359 g/mol. The number of ketones is 1. The van der Waals surface area contributed by atoms with Gasteiger partial charge in [-0.25, -0.2) is 0 Å². The molecule has 6 nitrogen and oxygen atoms in total. The molecule has 0 fully saturated rings. The van der Waals surface area contributed by atoms with Crippen LogP contribution < -0.4 is 0 Å². The van der Waals surface area contributed by atoms with E-state index in [1.54, 1.807) is 31.2 Å². The summed E-state index contributed by atoms with van der Waals surface area (Å²) < 4.78 is 1.60. The molecule has 0 N–H and O–H groups in total. The molecule has 8 heteroatoms. The minimum atomic E-state index is -0.604. The molecule has 0 unspecified atom stereocenters. The molecule has 1 heterocycles. The van der Waals surface area contributed by atoms with Crippen molar-refractivity contribution >= 4 is 39.1 Å². The Bertz CT molecular complexity index is 699. The van der Waals surface area contributed by atoms with Crippen molar-refractivity contribution in [2.24, 2.45) is 0 Å². The topological polar surface area (TPSA) is 78.0 Å². The number of aryl methyl sites for hydroxylation is 1.